The Morgan fingerprint density at radius 1 is 1.18 bits per heavy atom. The van der Waals surface area contributed by atoms with Crippen molar-refractivity contribution in [2.75, 3.05) is 6.54 Å². The Balaban J connectivity index is 2.16. The summed E-state index contributed by atoms with van der Waals surface area (Å²) in [6.07, 6.45) is -0.210. The van der Waals surface area contributed by atoms with Gasteiger partial charge in [-0.05, 0) is 46.0 Å². The van der Waals surface area contributed by atoms with E-state index >= 15 is 0 Å². The van der Waals surface area contributed by atoms with Crippen LogP contribution in [0.15, 0.2) is 30.3 Å². The van der Waals surface area contributed by atoms with E-state index in [9.17, 15) is 4.79 Å². The number of ether oxygens (including phenoxy) is 1. The Labute approximate surface area is 134 Å². The molecule has 0 bridgehead atoms. The van der Waals surface area contributed by atoms with Gasteiger partial charge in [0.15, 0.2) is 8.32 Å². The predicted molar refractivity (Wildman–Crippen MR) is 90.3 cm³/mol. The molecule has 0 aromatic heterocycles. The van der Waals surface area contributed by atoms with Gasteiger partial charge in [-0.3, -0.25) is 4.90 Å². The van der Waals surface area contributed by atoms with Crippen LogP contribution < -0.4 is 0 Å². The monoisotopic (exact) mass is 321 g/mol. The molecule has 1 fully saturated rings. The molecule has 1 heterocycles. The van der Waals surface area contributed by atoms with Crippen molar-refractivity contribution in [1.29, 1.82) is 0 Å². The standard InChI is InChI=1S/C17H27NO3Si/c1-17(2,3)20-16(19)18-12-14(21-22(4,5)6)15(18)13-10-8-7-9-11-13/h7-11,14-15H,12H2,1-6H3/t14-,15-/m1/s1. The van der Waals surface area contributed by atoms with Crippen molar-refractivity contribution in [3.8, 4) is 0 Å². The third kappa shape index (κ3) is 4.33. The van der Waals surface area contributed by atoms with Gasteiger partial charge in [0.1, 0.15) is 5.60 Å². The van der Waals surface area contributed by atoms with Gasteiger partial charge in [-0.25, -0.2) is 4.79 Å². The highest BCUT2D eigenvalue weighted by atomic mass is 28.4. The lowest BCUT2D eigenvalue weighted by atomic mass is 9.92. The number of amides is 1. The Hall–Kier alpha value is -1.33. The molecule has 1 aliphatic rings. The first-order chi connectivity index (χ1) is 10.1. The third-order valence-electron chi connectivity index (χ3n) is 3.34. The molecule has 22 heavy (non-hydrogen) atoms. The fourth-order valence-electron chi connectivity index (χ4n) is 2.58. The van der Waals surface area contributed by atoms with Gasteiger partial charge in [0.2, 0.25) is 0 Å². The summed E-state index contributed by atoms with van der Waals surface area (Å²) in [7, 11) is -1.65. The van der Waals surface area contributed by atoms with E-state index in [1.807, 2.05) is 51.1 Å². The van der Waals surface area contributed by atoms with E-state index in [4.69, 9.17) is 9.16 Å². The number of likely N-dealkylation sites (tertiary alicyclic amines) is 1. The average molecular weight is 321 g/mol. The van der Waals surface area contributed by atoms with Crippen LogP contribution in [0.4, 0.5) is 4.79 Å². The van der Waals surface area contributed by atoms with Crippen LogP contribution in [0.5, 0.6) is 0 Å². The number of nitrogens with zero attached hydrogens (tertiary/aromatic N) is 1. The minimum Gasteiger partial charge on any atom is -0.444 e. The second kappa shape index (κ2) is 6.05. The topological polar surface area (TPSA) is 38.8 Å². The average Bonchev–Trinajstić information content (AvgIpc) is 2.31. The number of benzene rings is 1. The first-order valence-electron chi connectivity index (χ1n) is 7.79. The molecule has 5 heteroatoms. The summed E-state index contributed by atoms with van der Waals surface area (Å²) in [5.74, 6) is 0. The van der Waals surface area contributed by atoms with Crippen LogP contribution in [0, 0.1) is 0 Å². The molecule has 1 aromatic carbocycles. The first-order valence-corrected chi connectivity index (χ1v) is 11.2. The molecule has 0 aliphatic carbocycles. The molecule has 0 radical (unpaired) electrons. The van der Waals surface area contributed by atoms with Crippen molar-refractivity contribution in [2.45, 2.75) is 58.2 Å². The van der Waals surface area contributed by atoms with Crippen LogP contribution in [0.3, 0.4) is 0 Å². The number of carbonyl (C=O) groups is 1. The van der Waals surface area contributed by atoms with Gasteiger partial charge in [0, 0.05) is 0 Å². The number of carbonyl (C=O) groups excluding carboxylic acids is 1. The van der Waals surface area contributed by atoms with Crippen LogP contribution in [-0.4, -0.2) is 37.6 Å². The van der Waals surface area contributed by atoms with Crippen molar-refractivity contribution >= 4 is 14.4 Å². The molecular weight excluding hydrogens is 294 g/mol. The van der Waals surface area contributed by atoms with E-state index in [1.54, 1.807) is 4.90 Å². The molecule has 1 amide bonds. The summed E-state index contributed by atoms with van der Waals surface area (Å²) in [5, 5.41) is 0. The van der Waals surface area contributed by atoms with E-state index in [0.29, 0.717) is 6.54 Å². The molecule has 2 atom stereocenters. The predicted octanol–water partition coefficient (Wildman–Crippen LogP) is 4.20. The van der Waals surface area contributed by atoms with E-state index in [1.165, 1.54) is 0 Å². The highest BCUT2D eigenvalue weighted by Gasteiger charge is 2.46. The second-order valence-corrected chi connectivity index (χ2v) is 12.2. The molecule has 4 nitrogen and oxygen atoms in total. The fraction of sp³-hybridized carbons (Fsp3) is 0.588. The van der Waals surface area contributed by atoms with E-state index < -0.39 is 13.9 Å². The highest BCUT2D eigenvalue weighted by molar-refractivity contribution is 6.69. The Kier molecular flexibility index (Phi) is 4.68. The van der Waals surface area contributed by atoms with Crippen molar-refractivity contribution in [3.05, 3.63) is 35.9 Å². The van der Waals surface area contributed by atoms with E-state index in [2.05, 4.69) is 19.6 Å². The van der Waals surface area contributed by atoms with E-state index in [0.717, 1.165) is 5.56 Å². The molecule has 1 aliphatic heterocycles. The molecule has 0 N–H and O–H groups in total. The number of rotatable bonds is 3. The smallest absolute Gasteiger partial charge is 0.410 e. The summed E-state index contributed by atoms with van der Waals surface area (Å²) < 4.78 is 11.8. The SMILES string of the molecule is CC(C)(C)OC(=O)N1C[C@@H](O[Si](C)(C)C)[C@H]1c1ccccc1. The molecule has 0 saturated carbocycles. The van der Waals surface area contributed by atoms with Crippen molar-refractivity contribution in [3.63, 3.8) is 0 Å². The van der Waals surface area contributed by atoms with Gasteiger partial charge in [0.25, 0.3) is 0 Å². The van der Waals surface area contributed by atoms with Gasteiger partial charge in [-0.2, -0.15) is 0 Å². The minimum absolute atomic E-state index is 0.0530. The van der Waals surface area contributed by atoms with Crippen LogP contribution in [0.1, 0.15) is 32.4 Å². The Morgan fingerprint density at radius 2 is 1.77 bits per heavy atom. The zero-order valence-corrected chi connectivity index (χ0v) is 15.4. The maximum absolute atomic E-state index is 12.4. The molecule has 1 saturated heterocycles. The lowest BCUT2D eigenvalue weighted by molar-refractivity contribution is -0.0646. The minimum atomic E-state index is -1.65. The van der Waals surface area contributed by atoms with Crippen LogP contribution in [0.25, 0.3) is 0 Å². The highest BCUT2D eigenvalue weighted by Crippen LogP contribution is 2.38. The van der Waals surface area contributed by atoms with Gasteiger partial charge >= 0.3 is 6.09 Å². The zero-order chi connectivity index (χ0) is 16.5. The van der Waals surface area contributed by atoms with Crippen LogP contribution >= 0.6 is 0 Å². The fourth-order valence-corrected chi connectivity index (χ4v) is 3.69. The molecule has 122 valence electrons. The largest absolute Gasteiger partial charge is 0.444 e. The Morgan fingerprint density at radius 3 is 2.27 bits per heavy atom. The normalized spacial score (nSPS) is 22.2. The van der Waals surface area contributed by atoms with Gasteiger partial charge in [-0.1, -0.05) is 30.3 Å². The van der Waals surface area contributed by atoms with Gasteiger partial charge < -0.3 is 9.16 Å². The Bertz CT molecular complexity index is 519. The summed E-state index contributed by atoms with van der Waals surface area (Å²) in [5.41, 5.74) is 0.617. The summed E-state index contributed by atoms with van der Waals surface area (Å²) >= 11 is 0. The zero-order valence-electron chi connectivity index (χ0n) is 14.4. The third-order valence-corrected chi connectivity index (χ3v) is 4.35. The maximum Gasteiger partial charge on any atom is 0.410 e. The number of hydrogen-bond acceptors (Lipinski definition) is 3. The number of hydrogen-bond donors (Lipinski definition) is 0. The van der Waals surface area contributed by atoms with Crippen molar-refractivity contribution < 1.29 is 14.0 Å². The second-order valence-electron chi connectivity index (χ2n) is 7.76. The maximum atomic E-state index is 12.4. The molecule has 0 unspecified atom stereocenters. The summed E-state index contributed by atoms with van der Waals surface area (Å²) in [4.78, 5) is 14.2. The molecule has 2 rings (SSSR count). The van der Waals surface area contributed by atoms with Crippen molar-refractivity contribution in [2.24, 2.45) is 0 Å². The quantitative estimate of drug-likeness (QED) is 0.783. The lowest BCUT2D eigenvalue weighted by Gasteiger charge is -2.49. The van der Waals surface area contributed by atoms with E-state index in [-0.39, 0.29) is 18.2 Å². The van der Waals surface area contributed by atoms with Crippen LogP contribution in [0.2, 0.25) is 19.6 Å². The molecule has 1 aromatic rings. The summed E-state index contributed by atoms with van der Waals surface area (Å²) in [6, 6.07) is 10.00. The molecular formula is C17H27NO3Si. The van der Waals surface area contributed by atoms with Gasteiger partial charge in [0.05, 0.1) is 18.7 Å². The van der Waals surface area contributed by atoms with Crippen LogP contribution in [-0.2, 0) is 9.16 Å². The summed E-state index contributed by atoms with van der Waals surface area (Å²) in [6.45, 7) is 12.8. The molecule has 0 spiro atoms. The first kappa shape index (κ1) is 17.0. The lowest BCUT2D eigenvalue weighted by Crippen LogP contribution is -2.60. The van der Waals surface area contributed by atoms with Gasteiger partial charge in [-0.15, -0.1) is 0 Å². The van der Waals surface area contributed by atoms with Crippen molar-refractivity contribution in [1.82, 2.24) is 4.90 Å².